The standard InChI is InChI=1S/C24H31BrN2O4S/c1-2-3-19-6-10-23(11-7-19)31-17-14-26-24(28)21-12-15-27(16-13-21)32(29,30)18-20-4-8-22(25)9-5-20/h4-11,21H,2-3,12-18H2,1H3,(H,26,28). The van der Waals surface area contributed by atoms with Crippen molar-refractivity contribution < 1.29 is 17.9 Å². The number of hydrogen-bond donors (Lipinski definition) is 1. The predicted octanol–water partition coefficient (Wildman–Crippen LogP) is 4.14. The first-order valence-corrected chi connectivity index (χ1v) is 13.5. The fourth-order valence-electron chi connectivity index (χ4n) is 3.81. The van der Waals surface area contributed by atoms with Crippen LogP contribution in [0.25, 0.3) is 0 Å². The third kappa shape index (κ3) is 7.32. The highest BCUT2D eigenvalue weighted by molar-refractivity contribution is 9.10. The monoisotopic (exact) mass is 522 g/mol. The Morgan fingerprint density at radius 3 is 2.31 bits per heavy atom. The number of ether oxygens (including phenoxy) is 1. The van der Waals surface area contributed by atoms with Gasteiger partial charge in [0.25, 0.3) is 0 Å². The minimum absolute atomic E-state index is 0.0199. The van der Waals surface area contributed by atoms with Gasteiger partial charge < -0.3 is 10.1 Å². The molecule has 1 heterocycles. The molecule has 174 valence electrons. The lowest BCUT2D eigenvalue weighted by atomic mass is 9.97. The van der Waals surface area contributed by atoms with Crippen LogP contribution < -0.4 is 10.1 Å². The third-order valence-electron chi connectivity index (χ3n) is 5.61. The van der Waals surface area contributed by atoms with E-state index in [1.165, 1.54) is 9.87 Å². The Bertz CT molecular complexity index is 970. The van der Waals surface area contributed by atoms with Gasteiger partial charge in [-0.05, 0) is 54.7 Å². The summed E-state index contributed by atoms with van der Waals surface area (Å²) >= 11 is 3.36. The molecule has 0 aromatic heterocycles. The molecule has 1 amide bonds. The van der Waals surface area contributed by atoms with Gasteiger partial charge >= 0.3 is 0 Å². The predicted molar refractivity (Wildman–Crippen MR) is 130 cm³/mol. The second-order valence-corrected chi connectivity index (χ2v) is 11.0. The van der Waals surface area contributed by atoms with Crippen molar-refractivity contribution in [3.05, 3.63) is 64.1 Å². The highest BCUT2D eigenvalue weighted by atomic mass is 79.9. The molecule has 8 heteroatoms. The van der Waals surface area contributed by atoms with E-state index >= 15 is 0 Å². The molecule has 0 radical (unpaired) electrons. The van der Waals surface area contributed by atoms with Crippen LogP contribution in [-0.2, 0) is 27.0 Å². The molecule has 0 aliphatic carbocycles. The van der Waals surface area contributed by atoms with Gasteiger partial charge in [-0.3, -0.25) is 4.79 Å². The summed E-state index contributed by atoms with van der Waals surface area (Å²) < 4.78 is 33.6. The number of nitrogens with zero attached hydrogens (tertiary/aromatic N) is 1. The Hall–Kier alpha value is -1.90. The first kappa shape index (κ1) is 24.7. The largest absolute Gasteiger partial charge is 0.492 e. The first-order chi connectivity index (χ1) is 15.4. The molecule has 6 nitrogen and oxygen atoms in total. The van der Waals surface area contributed by atoms with E-state index in [4.69, 9.17) is 4.74 Å². The van der Waals surface area contributed by atoms with Gasteiger partial charge in [0.2, 0.25) is 15.9 Å². The molecule has 1 saturated heterocycles. The summed E-state index contributed by atoms with van der Waals surface area (Å²) in [5.41, 5.74) is 2.05. The zero-order valence-corrected chi connectivity index (χ0v) is 20.8. The van der Waals surface area contributed by atoms with Crippen LogP contribution in [0.3, 0.4) is 0 Å². The number of halogens is 1. The Kier molecular flexibility index (Phi) is 9.13. The second kappa shape index (κ2) is 11.8. The summed E-state index contributed by atoms with van der Waals surface area (Å²) in [5.74, 6) is 0.580. The number of amides is 1. The molecule has 0 bridgehead atoms. The Morgan fingerprint density at radius 1 is 1.06 bits per heavy atom. The van der Waals surface area contributed by atoms with Crippen molar-refractivity contribution in [3.63, 3.8) is 0 Å². The van der Waals surface area contributed by atoms with Crippen LogP contribution >= 0.6 is 15.9 Å². The van der Waals surface area contributed by atoms with Crippen LogP contribution in [0, 0.1) is 5.92 Å². The number of aryl methyl sites for hydroxylation is 1. The van der Waals surface area contributed by atoms with Crippen molar-refractivity contribution in [1.29, 1.82) is 0 Å². The van der Waals surface area contributed by atoms with Crippen molar-refractivity contribution in [1.82, 2.24) is 9.62 Å². The molecule has 1 fully saturated rings. The number of piperidine rings is 1. The fraction of sp³-hybridized carbons (Fsp3) is 0.458. The highest BCUT2D eigenvalue weighted by Gasteiger charge is 2.31. The third-order valence-corrected chi connectivity index (χ3v) is 7.99. The van der Waals surface area contributed by atoms with Crippen LogP contribution in [0.15, 0.2) is 53.0 Å². The molecule has 3 rings (SSSR count). The summed E-state index contributed by atoms with van der Waals surface area (Å²) in [4.78, 5) is 12.5. The van der Waals surface area contributed by atoms with Crippen molar-refractivity contribution >= 4 is 31.9 Å². The number of nitrogens with one attached hydrogen (secondary N) is 1. The molecule has 1 aliphatic rings. The van der Waals surface area contributed by atoms with E-state index in [9.17, 15) is 13.2 Å². The van der Waals surface area contributed by atoms with Gasteiger partial charge in [0.15, 0.2) is 0 Å². The molecule has 0 saturated carbocycles. The maximum Gasteiger partial charge on any atom is 0.223 e. The maximum atomic E-state index is 12.7. The van der Waals surface area contributed by atoms with Crippen LogP contribution in [0.2, 0.25) is 0 Å². The minimum atomic E-state index is -3.39. The number of hydrogen-bond acceptors (Lipinski definition) is 4. The molecular weight excluding hydrogens is 492 g/mol. The fourth-order valence-corrected chi connectivity index (χ4v) is 5.63. The molecule has 1 N–H and O–H groups in total. The van der Waals surface area contributed by atoms with E-state index in [1.807, 2.05) is 36.4 Å². The van der Waals surface area contributed by atoms with Gasteiger partial charge in [-0.2, -0.15) is 0 Å². The Morgan fingerprint density at radius 2 is 1.69 bits per heavy atom. The number of carbonyl (C=O) groups is 1. The Labute approximate surface area is 199 Å². The van der Waals surface area contributed by atoms with E-state index in [-0.39, 0.29) is 17.6 Å². The number of rotatable bonds is 10. The molecular formula is C24H31BrN2O4S. The summed E-state index contributed by atoms with van der Waals surface area (Å²) in [6, 6.07) is 15.3. The van der Waals surface area contributed by atoms with Gasteiger partial charge in [0.05, 0.1) is 12.3 Å². The van der Waals surface area contributed by atoms with Crippen LogP contribution in [0.5, 0.6) is 5.75 Å². The zero-order chi connectivity index (χ0) is 23.0. The minimum Gasteiger partial charge on any atom is -0.492 e. The molecule has 2 aromatic carbocycles. The molecule has 2 aromatic rings. The molecule has 0 atom stereocenters. The second-order valence-electron chi connectivity index (χ2n) is 8.09. The van der Waals surface area contributed by atoms with E-state index in [2.05, 4.69) is 40.3 Å². The highest BCUT2D eigenvalue weighted by Crippen LogP contribution is 2.22. The average Bonchev–Trinajstić information content (AvgIpc) is 2.79. The van der Waals surface area contributed by atoms with Gasteiger partial charge in [0.1, 0.15) is 12.4 Å². The smallest absolute Gasteiger partial charge is 0.223 e. The van der Waals surface area contributed by atoms with E-state index < -0.39 is 10.0 Å². The van der Waals surface area contributed by atoms with Crippen molar-refractivity contribution in [3.8, 4) is 5.75 Å². The number of benzene rings is 2. The van der Waals surface area contributed by atoms with Crippen LogP contribution in [0.4, 0.5) is 0 Å². The van der Waals surface area contributed by atoms with E-state index in [1.54, 1.807) is 0 Å². The normalized spacial score (nSPS) is 15.4. The quantitative estimate of drug-likeness (QED) is 0.475. The maximum absolute atomic E-state index is 12.7. The Balaban J connectivity index is 1.37. The van der Waals surface area contributed by atoms with Gasteiger partial charge in [-0.15, -0.1) is 0 Å². The van der Waals surface area contributed by atoms with Gasteiger partial charge in [-0.25, -0.2) is 12.7 Å². The number of carbonyl (C=O) groups excluding carboxylic acids is 1. The SMILES string of the molecule is CCCc1ccc(OCCNC(=O)C2CCN(S(=O)(=O)Cc3ccc(Br)cc3)CC2)cc1. The average molecular weight is 523 g/mol. The summed E-state index contributed by atoms with van der Waals surface area (Å²) in [5, 5.41) is 2.92. The molecule has 1 aliphatic heterocycles. The van der Waals surface area contributed by atoms with Crippen molar-refractivity contribution in [2.75, 3.05) is 26.2 Å². The van der Waals surface area contributed by atoms with E-state index in [0.717, 1.165) is 28.6 Å². The van der Waals surface area contributed by atoms with Crippen LogP contribution in [-0.4, -0.2) is 44.9 Å². The molecule has 32 heavy (non-hydrogen) atoms. The van der Waals surface area contributed by atoms with Gasteiger partial charge in [0, 0.05) is 23.5 Å². The van der Waals surface area contributed by atoms with Crippen LogP contribution in [0.1, 0.15) is 37.3 Å². The molecule has 0 unspecified atom stereocenters. The lowest BCUT2D eigenvalue weighted by Crippen LogP contribution is -2.43. The first-order valence-electron chi connectivity index (χ1n) is 11.1. The lowest BCUT2D eigenvalue weighted by molar-refractivity contribution is -0.126. The van der Waals surface area contributed by atoms with Gasteiger partial charge in [-0.1, -0.05) is 53.5 Å². The number of sulfonamides is 1. The van der Waals surface area contributed by atoms with Crippen molar-refractivity contribution in [2.45, 2.75) is 38.4 Å². The lowest BCUT2D eigenvalue weighted by Gasteiger charge is -2.30. The summed E-state index contributed by atoms with van der Waals surface area (Å²) in [6.07, 6.45) is 3.24. The zero-order valence-electron chi connectivity index (χ0n) is 18.4. The summed E-state index contributed by atoms with van der Waals surface area (Å²) in [7, 11) is -3.39. The summed E-state index contributed by atoms with van der Waals surface area (Å²) in [6.45, 7) is 3.73. The van der Waals surface area contributed by atoms with E-state index in [0.29, 0.717) is 39.1 Å². The molecule has 0 spiro atoms. The van der Waals surface area contributed by atoms with Crippen molar-refractivity contribution in [2.24, 2.45) is 5.92 Å². The topological polar surface area (TPSA) is 75.7 Å².